The average Bonchev–Trinajstić information content (AvgIpc) is 1.74. The van der Waals surface area contributed by atoms with Gasteiger partial charge in [-0.25, -0.2) is 0 Å². The Hall–Kier alpha value is -0.420. The van der Waals surface area contributed by atoms with Gasteiger partial charge >= 0.3 is 12.4 Å². The SMILES string of the molecule is CC1CC(C(F)(F)F)(C(F)(F)F)C1. The maximum absolute atomic E-state index is 12.1. The van der Waals surface area contributed by atoms with Crippen LogP contribution in [0.5, 0.6) is 0 Å². The van der Waals surface area contributed by atoms with Gasteiger partial charge in [0.1, 0.15) is 0 Å². The first kappa shape index (κ1) is 10.7. The second-order valence-corrected chi connectivity index (χ2v) is 3.59. The highest BCUT2D eigenvalue weighted by Crippen LogP contribution is 2.63. The van der Waals surface area contributed by atoms with Crippen molar-refractivity contribution in [2.45, 2.75) is 32.1 Å². The van der Waals surface area contributed by atoms with Crippen LogP contribution in [0.4, 0.5) is 26.3 Å². The van der Waals surface area contributed by atoms with Gasteiger partial charge in [-0.15, -0.1) is 0 Å². The average molecular weight is 206 g/mol. The molecule has 1 fully saturated rings. The molecule has 6 heteroatoms. The molecule has 0 amide bonds. The normalized spacial score (nSPS) is 24.2. The van der Waals surface area contributed by atoms with Gasteiger partial charge in [-0.05, 0) is 18.8 Å². The van der Waals surface area contributed by atoms with Crippen molar-refractivity contribution in [2.75, 3.05) is 0 Å². The van der Waals surface area contributed by atoms with Crippen molar-refractivity contribution in [3.8, 4) is 0 Å². The summed E-state index contributed by atoms with van der Waals surface area (Å²) in [5.74, 6) is -0.497. The van der Waals surface area contributed by atoms with Crippen molar-refractivity contribution in [3.05, 3.63) is 0 Å². The molecule has 0 atom stereocenters. The molecule has 0 radical (unpaired) electrons. The van der Waals surface area contributed by atoms with Gasteiger partial charge in [-0.1, -0.05) is 6.92 Å². The second kappa shape index (κ2) is 2.54. The quantitative estimate of drug-likeness (QED) is 0.532. The molecule has 1 aliphatic carbocycles. The smallest absolute Gasteiger partial charge is 0.170 e. The molecule has 1 rings (SSSR count). The topological polar surface area (TPSA) is 0 Å². The predicted molar refractivity (Wildman–Crippen MR) is 32.9 cm³/mol. The van der Waals surface area contributed by atoms with Crippen molar-refractivity contribution in [2.24, 2.45) is 11.3 Å². The van der Waals surface area contributed by atoms with E-state index in [0.29, 0.717) is 0 Å². The summed E-state index contributed by atoms with van der Waals surface area (Å²) in [6.07, 6.45) is -12.0. The first-order valence-corrected chi connectivity index (χ1v) is 3.73. The first-order chi connectivity index (χ1) is 5.60. The minimum atomic E-state index is -5.17. The van der Waals surface area contributed by atoms with Crippen LogP contribution in [0.3, 0.4) is 0 Å². The lowest BCUT2D eigenvalue weighted by molar-refractivity contribution is -0.374. The molecule has 13 heavy (non-hydrogen) atoms. The van der Waals surface area contributed by atoms with E-state index in [9.17, 15) is 26.3 Å². The van der Waals surface area contributed by atoms with Crippen LogP contribution in [0.25, 0.3) is 0 Å². The van der Waals surface area contributed by atoms with Crippen molar-refractivity contribution < 1.29 is 26.3 Å². The minimum absolute atomic E-state index is 0.497. The summed E-state index contributed by atoms with van der Waals surface area (Å²) in [7, 11) is 0. The molecule has 0 aromatic rings. The monoisotopic (exact) mass is 206 g/mol. The van der Waals surface area contributed by atoms with E-state index in [-0.39, 0.29) is 0 Å². The summed E-state index contributed by atoms with van der Waals surface area (Å²) < 4.78 is 72.6. The van der Waals surface area contributed by atoms with Gasteiger partial charge in [0.25, 0.3) is 0 Å². The van der Waals surface area contributed by atoms with E-state index < -0.39 is 36.5 Å². The van der Waals surface area contributed by atoms with Crippen LogP contribution in [0.1, 0.15) is 19.8 Å². The Kier molecular flexibility index (Phi) is 2.08. The van der Waals surface area contributed by atoms with Crippen molar-refractivity contribution in [1.82, 2.24) is 0 Å². The van der Waals surface area contributed by atoms with Crippen LogP contribution < -0.4 is 0 Å². The fourth-order valence-corrected chi connectivity index (χ4v) is 1.75. The zero-order valence-corrected chi connectivity index (χ0v) is 6.76. The molecule has 0 unspecified atom stereocenters. The van der Waals surface area contributed by atoms with Crippen LogP contribution >= 0.6 is 0 Å². The molecule has 0 aromatic heterocycles. The maximum Gasteiger partial charge on any atom is 0.403 e. The molecule has 0 aromatic carbocycles. The first-order valence-electron chi connectivity index (χ1n) is 3.73. The van der Waals surface area contributed by atoms with E-state index in [1.807, 2.05) is 0 Å². The summed E-state index contributed by atoms with van der Waals surface area (Å²) in [6, 6.07) is 0. The van der Waals surface area contributed by atoms with E-state index in [1.165, 1.54) is 6.92 Å². The summed E-state index contributed by atoms with van der Waals surface area (Å²) in [5.41, 5.74) is -3.43. The van der Waals surface area contributed by atoms with E-state index in [0.717, 1.165) is 0 Å². The van der Waals surface area contributed by atoms with Crippen LogP contribution in [0.15, 0.2) is 0 Å². The molecule has 78 valence electrons. The summed E-state index contributed by atoms with van der Waals surface area (Å²) >= 11 is 0. The number of alkyl halides is 6. The molecule has 0 nitrogen and oxygen atoms in total. The van der Waals surface area contributed by atoms with Gasteiger partial charge in [0.15, 0.2) is 5.41 Å². The van der Waals surface area contributed by atoms with Gasteiger partial charge in [0.05, 0.1) is 0 Å². The van der Waals surface area contributed by atoms with Gasteiger partial charge in [-0.2, -0.15) is 26.3 Å². The molecule has 0 saturated heterocycles. The number of hydrogen-bond acceptors (Lipinski definition) is 0. The Balaban J connectivity index is 2.93. The van der Waals surface area contributed by atoms with Crippen LogP contribution in [0.2, 0.25) is 0 Å². The number of hydrogen-bond donors (Lipinski definition) is 0. The lowest BCUT2D eigenvalue weighted by atomic mass is 9.61. The second-order valence-electron chi connectivity index (χ2n) is 3.59. The van der Waals surface area contributed by atoms with Gasteiger partial charge in [0.2, 0.25) is 0 Å². The standard InChI is InChI=1S/C7H8F6/c1-4-2-5(3-4,6(8,9)10)7(11,12)13/h4H,2-3H2,1H3. The molecule has 1 aliphatic rings. The third-order valence-electron chi connectivity index (χ3n) is 2.48. The highest BCUT2D eigenvalue weighted by Gasteiger charge is 2.74. The number of halogens is 6. The summed E-state index contributed by atoms with van der Waals surface area (Å²) in [5, 5.41) is 0. The molecule has 0 heterocycles. The van der Waals surface area contributed by atoms with E-state index in [1.54, 1.807) is 0 Å². The minimum Gasteiger partial charge on any atom is -0.170 e. The third kappa shape index (κ3) is 1.40. The van der Waals surface area contributed by atoms with Gasteiger partial charge < -0.3 is 0 Å². The highest BCUT2D eigenvalue weighted by molar-refractivity contribution is 5.02. The molecule has 0 spiro atoms. The Labute approximate surface area is 70.9 Å². The predicted octanol–water partition coefficient (Wildman–Crippen LogP) is 3.53. The lowest BCUT2D eigenvalue weighted by Crippen LogP contribution is -2.57. The summed E-state index contributed by atoms with van der Waals surface area (Å²) in [6.45, 7) is 1.38. The van der Waals surface area contributed by atoms with Crippen molar-refractivity contribution in [3.63, 3.8) is 0 Å². The van der Waals surface area contributed by atoms with Crippen LogP contribution in [-0.4, -0.2) is 12.4 Å². The zero-order chi connectivity index (χ0) is 10.5. The zero-order valence-electron chi connectivity index (χ0n) is 6.76. The number of rotatable bonds is 0. The van der Waals surface area contributed by atoms with Crippen molar-refractivity contribution >= 4 is 0 Å². The lowest BCUT2D eigenvalue weighted by Gasteiger charge is -2.47. The summed E-state index contributed by atoms with van der Waals surface area (Å²) in [4.78, 5) is 0. The third-order valence-corrected chi connectivity index (χ3v) is 2.48. The van der Waals surface area contributed by atoms with E-state index in [2.05, 4.69) is 0 Å². The Morgan fingerprint density at radius 2 is 1.23 bits per heavy atom. The molecule has 0 bridgehead atoms. The van der Waals surface area contributed by atoms with Gasteiger partial charge in [0, 0.05) is 0 Å². The van der Waals surface area contributed by atoms with E-state index in [4.69, 9.17) is 0 Å². The van der Waals surface area contributed by atoms with Crippen molar-refractivity contribution in [1.29, 1.82) is 0 Å². The fraction of sp³-hybridized carbons (Fsp3) is 1.00. The largest absolute Gasteiger partial charge is 0.403 e. The maximum atomic E-state index is 12.1. The van der Waals surface area contributed by atoms with E-state index >= 15 is 0 Å². The highest BCUT2D eigenvalue weighted by atomic mass is 19.4. The Morgan fingerprint density at radius 1 is 0.923 bits per heavy atom. The molecular formula is C7H8F6. The molecule has 1 saturated carbocycles. The Bertz CT molecular complexity index is 178. The van der Waals surface area contributed by atoms with Crippen LogP contribution in [-0.2, 0) is 0 Å². The molecule has 0 N–H and O–H groups in total. The molecule has 0 aliphatic heterocycles. The molecular weight excluding hydrogens is 198 g/mol. The van der Waals surface area contributed by atoms with Gasteiger partial charge in [-0.3, -0.25) is 0 Å². The fourth-order valence-electron chi connectivity index (χ4n) is 1.75. The Morgan fingerprint density at radius 3 is 1.31 bits per heavy atom. The van der Waals surface area contributed by atoms with Crippen LogP contribution in [0, 0.1) is 11.3 Å².